The van der Waals surface area contributed by atoms with Crippen LogP contribution in [0.2, 0.25) is 0 Å². The molecule has 2 aliphatic rings. The van der Waals surface area contributed by atoms with Crippen LogP contribution in [0.4, 0.5) is 4.79 Å². The minimum absolute atomic E-state index is 0.0636. The molecule has 0 radical (unpaired) electrons. The molecule has 2 amide bonds. The Balaban J connectivity index is 2.10. The van der Waals surface area contributed by atoms with Crippen molar-refractivity contribution in [3.8, 4) is 5.75 Å². The van der Waals surface area contributed by atoms with Gasteiger partial charge in [-0.1, -0.05) is 18.2 Å². The molecule has 15 heavy (non-hydrogen) atoms. The van der Waals surface area contributed by atoms with Crippen molar-refractivity contribution >= 4 is 6.03 Å². The number of rotatable bonds is 0. The molecule has 78 valence electrons. The van der Waals surface area contributed by atoms with Crippen LogP contribution in [0.5, 0.6) is 5.75 Å². The minimum atomic E-state index is -0.568. The molecule has 2 bridgehead atoms. The summed E-state index contributed by atoms with van der Waals surface area (Å²) in [5, 5.41) is 5.69. The monoisotopic (exact) mass is 204 g/mol. The molecular formula is C11H12N2O2. The molecule has 3 rings (SSSR count). The van der Waals surface area contributed by atoms with E-state index in [0.717, 1.165) is 17.7 Å². The third kappa shape index (κ3) is 1.25. The van der Waals surface area contributed by atoms with E-state index < -0.39 is 5.72 Å². The van der Waals surface area contributed by atoms with E-state index in [2.05, 4.69) is 10.6 Å². The first-order valence-corrected chi connectivity index (χ1v) is 5.03. The number of para-hydroxylation sites is 1. The second-order valence-corrected chi connectivity index (χ2v) is 4.23. The first-order chi connectivity index (χ1) is 7.16. The first-order valence-electron chi connectivity index (χ1n) is 5.03. The maximum Gasteiger partial charge on any atom is 0.318 e. The summed E-state index contributed by atoms with van der Waals surface area (Å²) in [4.78, 5) is 11.4. The fourth-order valence-electron chi connectivity index (χ4n) is 2.29. The van der Waals surface area contributed by atoms with Crippen molar-refractivity contribution in [2.45, 2.75) is 25.1 Å². The topological polar surface area (TPSA) is 50.4 Å². The maximum absolute atomic E-state index is 11.4. The lowest BCUT2D eigenvalue weighted by atomic mass is 9.92. The van der Waals surface area contributed by atoms with Gasteiger partial charge < -0.3 is 15.4 Å². The highest BCUT2D eigenvalue weighted by molar-refractivity contribution is 5.77. The molecule has 2 aliphatic heterocycles. The van der Waals surface area contributed by atoms with E-state index >= 15 is 0 Å². The van der Waals surface area contributed by atoms with Gasteiger partial charge in [0, 0.05) is 12.0 Å². The van der Waals surface area contributed by atoms with Crippen LogP contribution in [0.25, 0.3) is 0 Å². The average Bonchev–Trinajstić information content (AvgIpc) is 2.15. The number of carbonyl (C=O) groups is 1. The van der Waals surface area contributed by atoms with Gasteiger partial charge in [-0.05, 0) is 13.0 Å². The lowest BCUT2D eigenvalue weighted by Gasteiger charge is -2.44. The predicted molar refractivity (Wildman–Crippen MR) is 54.5 cm³/mol. The van der Waals surface area contributed by atoms with Crippen molar-refractivity contribution in [3.63, 3.8) is 0 Å². The smallest absolute Gasteiger partial charge is 0.318 e. The molecule has 2 atom stereocenters. The molecule has 2 heterocycles. The molecule has 1 fully saturated rings. The summed E-state index contributed by atoms with van der Waals surface area (Å²) >= 11 is 0. The Bertz CT molecular complexity index is 432. The number of hydrogen-bond acceptors (Lipinski definition) is 2. The van der Waals surface area contributed by atoms with Gasteiger partial charge in [0.05, 0.1) is 6.04 Å². The normalized spacial score (nSPS) is 32.1. The van der Waals surface area contributed by atoms with Crippen molar-refractivity contribution in [1.29, 1.82) is 0 Å². The summed E-state index contributed by atoms with van der Waals surface area (Å²) in [7, 11) is 0. The summed E-state index contributed by atoms with van der Waals surface area (Å²) in [5.41, 5.74) is 0.492. The zero-order valence-corrected chi connectivity index (χ0v) is 8.41. The van der Waals surface area contributed by atoms with Crippen LogP contribution in [-0.2, 0) is 0 Å². The average molecular weight is 204 g/mol. The molecule has 0 aromatic heterocycles. The fourth-order valence-corrected chi connectivity index (χ4v) is 2.29. The van der Waals surface area contributed by atoms with Gasteiger partial charge in [0.2, 0.25) is 0 Å². The summed E-state index contributed by atoms with van der Waals surface area (Å²) in [6.45, 7) is 1.90. The van der Waals surface area contributed by atoms with Crippen LogP contribution in [0, 0.1) is 0 Å². The number of ether oxygens (including phenoxy) is 1. The Labute approximate surface area is 87.6 Å². The largest absolute Gasteiger partial charge is 0.468 e. The van der Waals surface area contributed by atoms with Crippen molar-refractivity contribution in [2.75, 3.05) is 0 Å². The van der Waals surface area contributed by atoms with E-state index in [0.29, 0.717) is 0 Å². The highest BCUT2D eigenvalue weighted by atomic mass is 16.5. The van der Waals surface area contributed by atoms with Crippen molar-refractivity contribution in [1.82, 2.24) is 10.6 Å². The molecule has 0 unspecified atom stereocenters. The van der Waals surface area contributed by atoms with Crippen LogP contribution in [0.15, 0.2) is 24.3 Å². The van der Waals surface area contributed by atoms with E-state index in [4.69, 9.17) is 4.74 Å². The van der Waals surface area contributed by atoms with Gasteiger partial charge in [-0.3, -0.25) is 0 Å². The Morgan fingerprint density at radius 1 is 1.47 bits per heavy atom. The number of hydrogen-bond donors (Lipinski definition) is 2. The summed E-state index contributed by atoms with van der Waals surface area (Å²) < 4.78 is 5.79. The Morgan fingerprint density at radius 3 is 3.13 bits per heavy atom. The van der Waals surface area contributed by atoms with Crippen LogP contribution >= 0.6 is 0 Å². The van der Waals surface area contributed by atoms with Gasteiger partial charge in [-0.15, -0.1) is 0 Å². The lowest BCUT2D eigenvalue weighted by molar-refractivity contribution is 0.0119. The Hall–Kier alpha value is -1.71. The number of carbonyl (C=O) groups excluding carboxylic acids is 1. The second kappa shape index (κ2) is 2.66. The molecule has 1 aromatic carbocycles. The Kier molecular flexibility index (Phi) is 1.52. The van der Waals surface area contributed by atoms with E-state index in [9.17, 15) is 4.79 Å². The van der Waals surface area contributed by atoms with E-state index in [1.165, 1.54) is 0 Å². The minimum Gasteiger partial charge on any atom is -0.468 e. The molecular weight excluding hydrogens is 192 g/mol. The van der Waals surface area contributed by atoms with Gasteiger partial charge in [0.15, 0.2) is 5.72 Å². The zero-order chi connectivity index (χ0) is 10.5. The number of benzene rings is 1. The summed E-state index contributed by atoms with van der Waals surface area (Å²) in [5.74, 6) is 0.851. The highest BCUT2D eigenvalue weighted by Crippen LogP contribution is 2.39. The molecule has 0 saturated carbocycles. The van der Waals surface area contributed by atoms with Gasteiger partial charge in [0.25, 0.3) is 0 Å². The number of amides is 2. The molecule has 1 aromatic rings. The quantitative estimate of drug-likeness (QED) is 0.673. The van der Waals surface area contributed by atoms with Gasteiger partial charge in [-0.2, -0.15) is 0 Å². The van der Waals surface area contributed by atoms with Crippen LogP contribution in [0.3, 0.4) is 0 Å². The number of fused-ring (bicyclic) bond motifs is 4. The number of nitrogens with one attached hydrogen (secondary N) is 2. The third-order valence-electron chi connectivity index (χ3n) is 2.91. The lowest BCUT2D eigenvalue weighted by Crippen LogP contribution is -2.62. The standard InChI is InChI=1S/C11H12N2O2/c1-11-6-8(12-10(14)13-11)7-4-2-3-5-9(7)15-11/h2-5,8H,6H2,1H3,(H2,12,13,14)/t8-,11+/m0/s1. The van der Waals surface area contributed by atoms with Gasteiger partial charge in [-0.25, -0.2) is 4.79 Å². The second-order valence-electron chi connectivity index (χ2n) is 4.23. The van der Waals surface area contributed by atoms with E-state index in [-0.39, 0.29) is 12.1 Å². The molecule has 4 nitrogen and oxygen atoms in total. The zero-order valence-electron chi connectivity index (χ0n) is 8.41. The molecule has 4 heteroatoms. The van der Waals surface area contributed by atoms with Crippen molar-refractivity contribution in [3.05, 3.63) is 29.8 Å². The van der Waals surface area contributed by atoms with Crippen LogP contribution in [0.1, 0.15) is 24.9 Å². The van der Waals surface area contributed by atoms with Crippen molar-refractivity contribution < 1.29 is 9.53 Å². The summed E-state index contributed by atoms with van der Waals surface area (Å²) in [6, 6.07) is 7.71. The molecule has 1 saturated heterocycles. The molecule has 2 N–H and O–H groups in total. The fraction of sp³-hybridized carbons (Fsp3) is 0.364. The highest BCUT2D eigenvalue weighted by Gasteiger charge is 2.42. The Morgan fingerprint density at radius 2 is 2.27 bits per heavy atom. The molecule has 0 spiro atoms. The van der Waals surface area contributed by atoms with Crippen LogP contribution < -0.4 is 15.4 Å². The van der Waals surface area contributed by atoms with E-state index in [1.54, 1.807) is 0 Å². The summed E-state index contributed by atoms with van der Waals surface area (Å²) in [6.07, 6.45) is 0.760. The SMILES string of the molecule is C[C@@]12C[C@H](NC(=O)N1)c1ccccc1O2. The predicted octanol–water partition coefficient (Wildman–Crippen LogP) is 1.54. The van der Waals surface area contributed by atoms with Gasteiger partial charge >= 0.3 is 6.03 Å². The first kappa shape index (κ1) is 8.59. The van der Waals surface area contributed by atoms with Crippen LogP contribution in [-0.4, -0.2) is 11.8 Å². The molecule has 0 aliphatic carbocycles. The van der Waals surface area contributed by atoms with E-state index in [1.807, 2.05) is 31.2 Å². The number of urea groups is 1. The maximum atomic E-state index is 11.4. The van der Waals surface area contributed by atoms with Gasteiger partial charge in [0.1, 0.15) is 5.75 Å². The third-order valence-corrected chi connectivity index (χ3v) is 2.91. The van der Waals surface area contributed by atoms with Crippen molar-refractivity contribution in [2.24, 2.45) is 0 Å².